The molecule has 0 saturated heterocycles. The highest BCUT2D eigenvalue weighted by molar-refractivity contribution is 6.06. The Balaban J connectivity index is 1.35. The molecule has 0 heterocycles. The molecule has 0 aliphatic rings. The molecule has 2 amide bonds. The molecule has 0 spiro atoms. The zero-order valence-electron chi connectivity index (χ0n) is 17.8. The van der Waals surface area contributed by atoms with Crippen molar-refractivity contribution in [3.8, 4) is 0 Å². The molecule has 5 heteroatoms. The topological polar surface area (TPSA) is 75.3 Å². The standard InChI is InChI=1S/C28H22N2O3/c31-26(21-15-17-23(18-16-21)28(33)30-25-9-5-2-6-10-25)19-20-11-13-22(14-12-20)27(32)29-24-7-3-1-4-8-24/h1-18H,19H2,(H,29,32)(H,30,33). The normalized spacial score (nSPS) is 10.3. The molecule has 0 aliphatic heterocycles. The van der Waals surface area contributed by atoms with Gasteiger partial charge >= 0.3 is 0 Å². The zero-order chi connectivity index (χ0) is 23.0. The summed E-state index contributed by atoms with van der Waals surface area (Å²) in [5, 5.41) is 5.66. The molecule has 0 aliphatic carbocycles. The first kappa shape index (κ1) is 21.7. The molecule has 2 N–H and O–H groups in total. The molecule has 33 heavy (non-hydrogen) atoms. The SMILES string of the molecule is O=C(Cc1ccc(C(=O)Nc2ccccc2)cc1)c1ccc(C(=O)Nc2ccccc2)cc1. The molecular formula is C28H22N2O3. The van der Waals surface area contributed by atoms with Gasteiger partial charge in [-0.3, -0.25) is 14.4 Å². The minimum Gasteiger partial charge on any atom is -0.322 e. The van der Waals surface area contributed by atoms with Crippen LogP contribution in [0.4, 0.5) is 11.4 Å². The van der Waals surface area contributed by atoms with Crippen molar-refractivity contribution in [2.45, 2.75) is 6.42 Å². The number of nitrogens with one attached hydrogen (secondary N) is 2. The fraction of sp³-hybridized carbons (Fsp3) is 0.0357. The van der Waals surface area contributed by atoms with Crippen molar-refractivity contribution in [1.82, 2.24) is 0 Å². The number of hydrogen-bond acceptors (Lipinski definition) is 3. The van der Waals surface area contributed by atoms with E-state index in [-0.39, 0.29) is 24.0 Å². The quantitative estimate of drug-likeness (QED) is 0.371. The van der Waals surface area contributed by atoms with Crippen molar-refractivity contribution >= 4 is 29.0 Å². The summed E-state index contributed by atoms with van der Waals surface area (Å²) in [4.78, 5) is 37.4. The molecule has 0 aromatic heterocycles. The molecule has 0 fully saturated rings. The summed E-state index contributed by atoms with van der Waals surface area (Å²) in [6.45, 7) is 0. The van der Waals surface area contributed by atoms with Gasteiger partial charge in [0, 0.05) is 34.5 Å². The van der Waals surface area contributed by atoms with E-state index in [0.717, 1.165) is 11.3 Å². The second kappa shape index (κ2) is 10.2. The van der Waals surface area contributed by atoms with Crippen LogP contribution in [-0.2, 0) is 6.42 Å². The Kier molecular flexibility index (Phi) is 6.71. The number of para-hydroxylation sites is 2. The summed E-state index contributed by atoms with van der Waals surface area (Å²) in [6.07, 6.45) is 0.205. The van der Waals surface area contributed by atoms with Crippen LogP contribution >= 0.6 is 0 Å². The highest BCUT2D eigenvalue weighted by atomic mass is 16.2. The van der Waals surface area contributed by atoms with E-state index in [1.807, 2.05) is 60.7 Å². The van der Waals surface area contributed by atoms with E-state index in [0.29, 0.717) is 22.4 Å². The second-order valence-electron chi connectivity index (χ2n) is 7.51. The lowest BCUT2D eigenvalue weighted by molar-refractivity contribution is 0.0988. The number of benzene rings is 4. The molecule has 0 unspecified atom stereocenters. The zero-order valence-corrected chi connectivity index (χ0v) is 17.8. The van der Waals surface area contributed by atoms with Crippen LogP contribution in [0.1, 0.15) is 36.6 Å². The molecule has 162 valence electrons. The molecule has 0 atom stereocenters. The first-order chi connectivity index (χ1) is 16.1. The van der Waals surface area contributed by atoms with Crippen LogP contribution in [0.5, 0.6) is 0 Å². The van der Waals surface area contributed by atoms with Gasteiger partial charge < -0.3 is 10.6 Å². The number of rotatable bonds is 7. The monoisotopic (exact) mass is 434 g/mol. The van der Waals surface area contributed by atoms with Gasteiger partial charge in [-0.2, -0.15) is 0 Å². The van der Waals surface area contributed by atoms with Crippen molar-refractivity contribution < 1.29 is 14.4 Å². The number of Topliss-reactive ketones (excluding diaryl/α,β-unsaturated/α-hetero) is 1. The maximum absolute atomic E-state index is 12.7. The summed E-state index contributed by atoms with van der Waals surface area (Å²) >= 11 is 0. The number of anilines is 2. The number of carbonyl (C=O) groups excluding carboxylic acids is 3. The first-order valence-corrected chi connectivity index (χ1v) is 10.5. The van der Waals surface area contributed by atoms with Crippen LogP contribution < -0.4 is 10.6 Å². The number of ketones is 1. The van der Waals surface area contributed by atoms with Gasteiger partial charge in [-0.25, -0.2) is 0 Å². The van der Waals surface area contributed by atoms with Crippen molar-refractivity contribution in [1.29, 1.82) is 0 Å². The fourth-order valence-corrected chi connectivity index (χ4v) is 3.32. The van der Waals surface area contributed by atoms with Gasteiger partial charge in [0.1, 0.15) is 0 Å². The van der Waals surface area contributed by atoms with Gasteiger partial charge in [0.05, 0.1) is 0 Å². The lowest BCUT2D eigenvalue weighted by Gasteiger charge is -2.07. The average molecular weight is 434 g/mol. The summed E-state index contributed by atoms with van der Waals surface area (Å²) in [7, 11) is 0. The summed E-state index contributed by atoms with van der Waals surface area (Å²) in [6, 6.07) is 32.0. The van der Waals surface area contributed by atoms with E-state index < -0.39 is 0 Å². The molecule has 0 radical (unpaired) electrons. The largest absolute Gasteiger partial charge is 0.322 e. The van der Waals surface area contributed by atoms with Gasteiger partial charge in [-0.05, 0) is 54.1 Å². The predicted octanol–water partition coefficient (Wildman–Crippen LogP) is 5.62. The minimum absolute atomic E-state index is 0.0634. The summed E-state index contributed by atoms with van der Waals surface area (Å²) in [5.41, 5.74) is 3.76. The van der Waals surface area contributed by atoms with E-state index in [4.69, 9.17) is 0 Å². The number of amides is 2. The number of hydrogen-bond donors (Lipinski definition) is 2. The van der Waals surface area contributed by atoms with E-state index >= 15 is 0 Å². The van der Waals surface area contributed by atoms with Crippen molar-refractivity contribution in [2.75, 3.05) is 10.6 Å². The Morgan fingerprint density at radius 1 is 0.485 bits per heavy atom. The van der Waals surface area contributed by atoms with Gasteiger partial charge in [0.2, 0.25) is 0 Å². The average Bonchev–Trinajstić information content (AvgIpc) is 2.86. The minimum atomic E-state index is -0.232. The van der Waals surface area contributed by atoms with Gasteiger partial charge in [0.15, 0.2) is 5.78 Å². The van der Waals surface area contributed by atoms with Crippen LogP contribution in [0.3, 0.4) is 0 Å². The Morgan fingerprint density at radius 3 is 1.33 bits per heavy atom. The van der Waals surface area contributed by atoms with Gasteiger partial charge in [-0.15, -0.1) is 0 Å². The molecule has 0 bridgehead atoms. The first-order valence-electron chi connectivity index (χ1n) is 10.5. The van der Waals surface area contributed by atoms with E-state index in [9.17, 15) is 14.4 Å². The van der Waals surface area contributed by atoms with E-state index in [2.05, 4.69) is 10.6 Å². The van der Waals surface area contributed by atoms with Gasteiger partial charge in [-0.1, -0.05) is 60.7 Å². The third kappa shape index (κ3) is 5.80. The fourth-order valence-electron chi connectivity index (χ4n) is 3.32. The highest BCUT2D eigenvalue weighted by Gasteiger charge is 2.11. The molecular weight excluding hydrogens is 412 g/mol. The lowest BCUT2D eigenvalue weighted by Crippen LogP contribution is -2.12. The highest BCUT2D eigenvalue weighted by Crippen LogP contribution is 2.14. The van der Waals surface area contributed by atoms with Crippen LogP contribution in [0.2, 0.25) is 0 Å². The Bertz CT molecular complexity index is 1250. The van der Waals surface area contributed by atoms with Crippen molar-refractivity contribution in [2.24, 2.45) is 0 Å². The molecule has 4 rings (SSSR count). The Hall–Kier alpha value is -4.51. The maximum atomic E-state index is 12.7. The maximum Gasteiger partial charge on any atom is 0.255 e. The van der Waals surface area contributed by atoms with Crippen molar-refractivity contribution in [3.63, 3.8) is 0 Å². The van der Waals surface area contributed by atoms with Crippen molar-refractivity contribution in [3.05, 3.63) is 131 Å². The number of carbonyl (C=O) groups is 3. The van der Waals surface area contributed by atoms with Crippen LogP contribution in [-0.4, -0.2) is 17.6 Å². The smallest absolute Gasteiger partial charge is 0.255 e. The predicted molar refractivity (Wildman–Crippen MR) is 130 cm³/mol. The lowest BCUT2D eigenvalue weighted by atomic mass is 10.0. The molecule has 5 nitrogen and oxygen atoms in total. The summed E-state index contributed by atoms with van der Waals surface area (Å²) < 4.78 is 0. The van der Waals surface area contributed by atoms with Crippen LogP contribution in [0.25, 0.3) is 0 Å². The van der Waals surface area contributed by atoms with E-state index in [1.54, 1.807) is 48.5 Å². The molecule has 4 aromatic rings. The second-order valence-corrected chi connectivity index (χ2v) is 7.51. The van der Waals surface area contributed by atoms with Gasteiger partial charge in [0.25, 0.3) is 11.8 Å². The third-order valence-corrected chi connectivity index (χ3v) is 5.11. The Morgan fingerprint density at radius 2 is 0.879 bits per heavy atom. The van der Waals surface area contributed by atoms with E-state index in [1.165, 1.54) is 0 Å². The molecule has 0 saturated carbocycles. The summed E-state index contributed by atoms with van der Waals surface area (Å²) in [5.74, 6) is -0.500. The van der Waals surface area contributed by atoms with Crippen LogP contribution in [0.15, 0.2) is 109 Å². The molecule has 4 aromatic carbocycles. The van der Waals surface area contributed by atoms with Crippen LogP contribution in [0, 0.1) is 0 Å². The Labute approximate surface area is 192 Å². The third-order valence-electron chi connectivity index (χ3n) is 5.11.